The third kappa shape index (κ3) is 1.27. The molecule has 0 unspecified atom stereocenters. The summed E-state index contributed by atoms with van der Waals surface area (Å²) in [4.78, 5) is 25.6. The van der Waals surface area contributed by atoms with Crippen molar-refractivity contribution in [3.63, 3.8) is 0 Å². The second-order valence-electron chi connectivity index (χ2n) is 5.58. The second kappa shape index (κ2) is 3.75. The number of nitrogens with zero attached hydrogens (tertiary/aromatic N) is 1. The van der Waals surface area contributed by atoms with E-state index >= 15 is 0 Å². The molecule has 1 aliphatic heterocycles. The van der Waals surface area contributed by atoms with Gasteiger partial charge in [0.2, 0.25) is 11.8 Å². The van der Waals surface area contributed by atoms with Crippen LogP contribution in [0.4, 0.5) is 14.5 Å². The standard InChI is InChI=1S/C15H11F2NO2/c16-9-2-1-3-10(17)13(9)18-14(19)11-7-4-5-8(6-7)12(11)15(18)20/h1-5,7-8,11-12H,6H2/t7-,8-,11-,12+/m0/s1. The van der Waals surface area contributed by atoms with Crippen molar-refractivity contribution in [3.8, 4) is 0 Å². The largest absolute Gasteiger partial charge is 0.274 e. The Morgan fingerprint density at radius 2 is 1.45 bits per heavy atom. The maximum atomic E-state index is 13.8. The van der Waals surface area contributed by atoms with E-state index < -0.39 is 41.0 Å². The van der Waals surface area contributed by atoms with E-state index in [1.54, 1.807) is 0 Å². The monoisotopic (exact) mass is 275 g/mol. The van der Waals surface area contributed by atoms with Crippen molar-refractivity contribution >= 4 is 17.5 Å². The van der Waals surface area contributed by atoms with Gasteiger partial charge in [-0.15, -0.1) is 0 Å². The van der Waals surface area contributed by atoms with Crippen LogP contribution in [0.1, 0.15) is 6.42 Å². The molecule has 0 spiro atoms. The molecule has 0 radical (unpaired) electrons. The number of carbonyl (C=O) groups excluding carboxylic acids is 2. The molecule has 2 fully saturated rings. The molecule has 1 heterocycles. The third-order valence-corrected chi connectivity index (χ3v) is 4.63. The van der Waals surface area contributed by atoms with E-state index in [1.165, 1.54) is 6.07 Å². The summed E-state index contributed by atoms with van der Waals surface area (Å²) < 4.78 is 27.7. The molecule has 4 rings (SSSR count). The van der Waals surface area contributed by atoms with Crippen LogP contribution in [0.5, 0.6) is 0 Å². The molecule has 1 aromatic carbocycles. The van der Waals surface area contributed by atoms with E-state index in [2.05, 4.69) is 0 Å². The van der Waals surface area contributed by atoms with Crippen LogP contribution >= 0.6 is 0 Å². The molecule has 2 aliphatic carbocycles. The topological polar surface area (TPSA) is 37.4 Å². The average molecular weight is 275 g/mol. The van der Waals surface area contributed by atoms with E-state index in [-0.39, 0.29) is 11.8 Å². The predicted octanol–water partition coefficient (Wildman–Crippen LogP) is 2.28. The number of carbonyl (C=O) groups is 2. The van der Waals surface area contributed by atoms with Crippen LogP contribution in [-0.4, -0.2) is 11.8 Å². The minimum atomic E-state index is -0.882. The summed E-state index contributed by atoms with van der Waals surface area (Å²) in [6, 6.07) is 3.32. The number of para-hydroxylation sites is 1. The van der Waals surface area contributed by atoms with E-state index in [1.807, 2.05) is 12.2 Å². The van der Waals surface area contributed by atoms with Crippen LogP contribution in [0.2, 0.25) is 0 Å². The zero-order valence-corrected chi connectivity index (χ0v) is 10.4. The molecule has 1 aromatic rings. The summed E-state index contributed by atoms with van der Waals surface area (Å²) in [5, 5.41) is 0. The highest BCUT2D eigenvalue weighted by Gasteiger charge is 2.60. The molecule has 0 aromatic heterocycles. The number of amides is 2. The predicted molar refractivity (Wildman–Crippen MR) is 66.6 cm³/mol. The lowest BCUT2D eigenvalue weighted by molar-refractivity contribution is -0.123. The van der Waals surface area contributed by atoms with Gasteiger partial charge in [0, 0.05) is 0 Å². The number of rotatable bonds is 1. The van der Waals surface area contributed by atoms with Gasteiger partial charge >= 0.3 is 0 Å². The van der Waals surface area contributed by atoms with Crippen LogP contribution in [0, 0.1) is 35.3 Å². The Morgan fingerprint density at radius 1 is 0.950 bits per heavy atom. The Bertz CT molecular complexity index is 620. The van der Waals surface area contributed by atoms with E-state index in [0.717, 1.165) is 18.6 Å². The summed E-state index contributed by atoms with van der Waals surface area (Å²) in [6.07, 6.45) is 4.68. The lowest BCUT2D eigenvalue weighted by Gasteiger charge is -2.18. The molecule has 0 N–H and O–H groups in total. The fourth-order valence-corrected chi connectivity index (χ4v) is 3.83. The van der Waals surface area contributed by atoms with Crippen LogP contribution in [0.3, 0.4) is 0 Å². The Kier molecular flexibility index (Phi) is 2.20. The fourth-order valence-electron chi connectivity index (χ4n) is 3.83. The highest BCUT2D eigenvalue weighted by atomic mass is 19.1. The average Bonchev–Trinajstić information content (AvgIpc) is 3.07. The van der Waals surface area contributed by atoms with Crippen molar-refractivity contribution in [1.82, 2.24) is 0 Å². The second-order valence-corrected chi connectivity index (χ2v) is 5.58. The van der Waals surface area contributed by atoms with Crippen molar-refractivity contribution in [2.24, 2.45) is 23.7 Å². The van der Waals surface area contributed by atoms with Gasteiger partial charge in [-0.1, -0.05) is 18.2 Å². The third-order valence-electron chi connectivity index (χ3n) is 4.63. The molecule has 2 bridgehead atoms. The van der Waals surface area contributed by atoms with Crippen molar-refractivity contribution in [2.75, 3.05) is 4.90 Å². The normalized spacial score (nSPS) is 34.2. The van der Waals surface area contributed by atoms with E-state index in [9.17, 15) is 18.4 Å². The molecule has 20 heavy (non-hydrogen) atoms. The number of hydrogen-bond donors (Lipinski definition) is 0. The number of imide groups is 1. The maximum absolute atomic E-state index is 13.8. The van der Waals surface area contributed by atoms with Crippen LogP contribution in [0.15, 0.2) is 30.4 Å². The molecule has 102 valence electrons. The summed E-state index contributed by atoms with van der Waals surface area (Å²) in [7, 11) is 0. The van der Waals surface area contributed by atoms with Crippen molar-refractivity contribution in [2.45, 2.75) is 6.42 Å². The molecule has 3 aliphatic rings. The number of halogens is 2. The molecule has 2 amide bonds. The number of fused-ring (bicyclic) bond motifs is 5. The van der Waals surface area contributed by atoms with Gasteiger partial charge in [0.25, 0.3) is 0 Å². The Balaban J connectivity index is 1.82. The van der Waals surface area contributed by atoms with Gasteiger partial charge in [-0.2, -0.15) is 0 Å². The number of hydrogen-bond acceptors (Lipinski definition) is 2. The Labute approximate surface area is 113 Å². The fraction of sp³-hybridized carbons (Fsp3) is 0.333. The highest BCUT2D eigenvalue weighted by molar-refractivity contribution is 6.22. The van der Waals surface area contributed by atoms with Crippen LogP contribution < -0.4 is 4.90 Å². The summed E-state index contributed by atoms with van der Waals surface area (Å²) >= 11 is 0. The van der Waals surface area contributed by atoms with E-state index in [4.69, 9.17) is 0 Å². The Hall–Kier alpha value is -2.04. The van der Waals surface area contributed by atoms with E-state index in [0.29, 0.717) is 4.90 Å². The molecule has 4 atom stereocenters. The maximum Gasteiger partial charge on any atom is 0.238 e. The first kappa shape index (κ1) is 11.8. The minimum Gasteiger partial charge on any atom is -0.274 e. The molecule has 1 saturated carbocycles. The number of allylic oxidation sites excluding steroid dienone is 2. The first-order valence-electron chi connectivity index (χ1n) is 6.59. The van der Waals surface area contributed by atoms with Gasteiger partial charge < -0.3 is 0 Å². The van der Waals surface area contributed by atoms with Gasteiger partial charge in [0.05, 0.1) is 11.8 Å². The van der Waals surface area contributed by atoms with Crippen LogP contribution in [-0.2, 0) is 9.59 Å². The lowest BCUT2D eigenvalue weighted by atomic mass is 9.85. The van der Waals surface area contributed by atoms with Crippen molar-refractivity contribution in [3.05, 3.63) is 42.0 Å². The summed E-state index contributed by atoms with van der Waals surface area (Å²) in [5.74, 6) is -3.55. The quantitative estimate of drug-likeness (QED) is 0.582. The molecular weight excluding hydrogens is 264 g/mol. The molecule has 5 heteroatoms. The molecule has 3 nitrogen and oxygen atoms in total. The zero-order valence-electron chi connectivity index (χ0n) is 10.4. The summed E-state index contributed by atoms with van der Waals surface area (Å²) in [5.41, 5.74) is -0.531. The van der Waals surface area contributed by atoms with Crippen molar-refractivity contribution < 1.29 is 18.4 Å². The molecule has 1 saturated heterocycles. The summed E-state index contributed by atoms with van der Waals surface area (Å²) in [6.45, 7) is 0. The SMILES string of the molecule is O=C1[C@@H]2[C@H](C(=O)N1c1c(F)cccc1F)[C@H]1C=C[C@H]2C1. The first-order chi connectivity index (χ1) is 9.59. The number of anilines is 1. The Morgan fingerprint density at radius 3 is 1.95 bits per heavy atom. The van der Waals surface area contributed by atoms with Gasteiger partial charge in [0.15, 0.2) is 0 Å². The minimum absolute atomic E-state index is 0.0290. The van der Waals surface area contributed by atoms with Crippen LogP contribution in [0.25, 0.3) is 0 Å². The number of benzene rings is 1. The van der Waals surface area contributed by atoms with Crippen molar-refractivity contribution in [1.29, 1.82) is 0 Å². The lowest BCUT2D eigenvalue weighted by Crippen LogP contribution is -2.34. The smallest absolute Gasteiger partial charge is 0.238 e. The van der Waals surface area contributed by atoms with Gasteiger partial charge in [-0.25, -0.2) is 13.7 Å². The molecular formula is C15H11F2NO2. The highest BCUT2D eigenvalue weighted by Crippen LogP contribution is 2.53. The van der Waals surface area contributed by atoms with Gasteiger partial charge in [-0.3, -0.25) is 9.59 Å². The first-order valence-corrected chi connectivity index (χ1v) is 6.59. The van der Waals surface area contributed by atoms with Gasteiger partial charge in [0.1, 0.15) is 17.3 Å². The zero-order chi connectivity index (χ0) is 14.0. The van der Waals surface area contributed by atoms with Gasteiger partial charge in [-0.05, 0) is 30.4 Å².